The predicted octanol–water partition coefficient (Wildman–Crippen LogP) is 1.27. The molecule has 3 rings (SSSR count). The molecular weight excluding hydrogens is 330 g/mol. The molecule has 0 aliphatic carbocycles. The Morgan fingerprint density at radius 2 is 2.04 bits per heavy atom. The number of carbonyl (C=O) groups is 2. The predicted molar refractivity (Wildman–Crippen MR) is 99.0 cm³/mol. The molecule has 1 aliphatic heterocycles. The molecule has 7 heteroatoms. The fraction of sp³-hybridized carbons (Fsp3) is 0.421. The van der Waals surface area contributed by atoms with Gasteiger partial charge in [0.2, 0.25) is 11.8 Å². The zero-order valence-electron chi connectivity index (χ0n) is 15.2. The first-order chi connectivity index (χ1) is 12.5. The number of rotatable bonds is 5. The Labute approximate surface area is 153 Å². The maximum atomic E-state index is 12.8. The van der Waals surface area contributed by atoms with E-state index in [0.717, 1.165) is 23.2 Å². The van der Waals surface area contributed by atoms with Crippen LogP contribution in [0, 0.1) is 5.92 Å². The summed E-state index contributed by atoms with van der Waals surface area (Å²) in [5.74, 6) is -0.230. The van der Waals surface area contributed by atoms with Crippen molar-refractivity contribution in [3.63, 3.8) is 0 Å². The Morgan fingerprint density at radius 3 is 2.69 bits per heavy atom. The zero-order chi connectivity index (χ0) is 18.7. The average molecular weight is 355 g/mol. The Hall–Kier alpha value is -2.83. The second-order valence-electron chi connectivity index (χ2n) is 6.82. The van der Waals surface area contributed by atoms with Crippen LogP contribution in [-0.2, 0) is 23.1 Å². The molecule has 2 unspecified atom stereocenters. The maximum Gasteiger partial charge on any atom is 0.225 e. The minimum absolute atomic E-state index is 0.0198. The molecule has 2 aromatic rings. The Kier molecular flexibility index (Phi) is 5.25. The van der Waals surface area contributed by atoms with Gasteiger partial charge in [-0.05, 0) is 30.5 Å². The molecule has 1 fully saturated rings. The number of benzene rings is 1. The van der Waals surface area contributed by atoms with Crippen LogP contribution in [0.5, 0.6) is 0 Å². The summed E-state index contributed by atoms with van der Waals surface area (Å²) in [4.78, 5) is 26.6. The van der Waals surface area contributed by atoms with Crippen LogP contribution in [0.2, 0.25) is 0 Å². The molecule has 2 heterocycles. The summed E-state index contributed by atoms with van der Waals surface area (Å²) in [5.41, 5.74) is 8.43. The van der Waals surface area contributed by atoms with Crippen molar-refractivity contribution in [3.05, 3.63) is 47.8 Å². The van der Waals surface area contributed by atoms with Crippen LogP contribution in [0.1, 0.15) is 30.0 Å². The average Bonchev–Trinajstić information content (AvgIpc) is 3.04. The van der Waals surface area contributed by atoms with E-state index in [9.17, 15) is 9.59 Å². The highest BCUT2D eigenvalue weighted by Crippen LogP contribution is 2.35. The van der Waals surface area contributed by atoms with Crippen LogP contribution in [0.4, 0.5) is 5.69 Å². The van der Waals surface area contributed by atoms with Gasteiger partial charge in [0.25, 0.3) is 0 Å². The number of nitrogens with one attached hydrogen (secondary N) is 1. The van der Waals surface area contributed by atoms with Gasteiger partial charge in [-0.15, -0.1) is 0 Å². The van der Waals surface area contributed by atoms with Crippen molar-refractivity contribution in [2.45, 2.75) is 25.3 Å². The molecule has 26 heavy (non-hydrogen) atoms. The summed E-state index contributed by atoms with van der Waals surface area (Å²) in [6, 6.07) is 7.37. The van der Waals surface area contributed by atoms with Crippen LogP contribution in [0.3, 0.4) is 0 Å². The van der Waals surface area contributed by atoms with E-state index in [-0.39, 0.29) is 23.8 Å². The Balaban J connectivity index is 1.65. The second kappa shape index (κ2) is 7.59. The number of anilines is 1. The number of amides is 2. The third-order valence-corrected chi connectivity index (χ3v) is 4.96. The Bertz CT molecular complexity index is 783. The van der Waals surface area contributed by atoms with Gasteiger partial charge in [-0.2, -0.15) is 5.10 Å². The van der Waals surface area contributed by atoms with Crippen molar-refractivity contribution >= 4 is 17.5 Å². The lowest BCUT2D eigenvalue weighted by Crippen LogP contribution is -2.46. The molecule has 7 nitrogen and oxygen atoms in total. The van der Waals surface area contributed by atoms with Crippen molar-refractivity contribution < 1.29 is 9.59 Å². The van der Waals surface area contributed by atoms with Gasteiger partial charge in [-0.1, -0.05) is 12.1 Å². The van der Waals surface area contributed by atoms with Gasteiger partial charge in [0.15, 0.2) is 0 Å². The Morgan fingerprint density at radius 1 is 1.31 bits per heavy atom. The van der Waals surface area contributed by atoms with Gasteiger partial charge in [0.1, 0.15) is 0 Å². The molecule has 1 aromatic carbocycles. The molecule has 1 aliphatic rings. The van der Waals surface area contributed by atoms with Crippen LogP contribution in [0.25, 0.3) is 0 Å². The minimum Gasteiger partial charge on any atom is -0.399 e. The number of aryl methyl sites for hydroxylation is 1. The second-order valence-corrected chi connectivity index (χ2v) is 6.82. The van der Waals surface area contributed by atoms with E-state index in [4.69, 9.17) is 5.73 Å². The van der Waals surface area contributed by atoms with E-state index in [2.05, 4.69) is 10.4 Å². The largest absolute Gasteiger partial charge is 0.399 e. The lowest BCUT2D eigenvalue weighted by atomic mass is 9.85. The molecule has 1 saturated heterocycles. The van der Waals surface area contributed by atoms with E-state index in [0.29, 0.717) is 19.4 Å². The van der Waals surface area contributed by atoms with Gasteiger partial charge < -0.3 is 16.0 Å². The standard InChI is InChI=1S/C19H25N5O2/c1-23-12-14(11-22-23)18-16(7-8-17(25)24(18)2)19(26)21-10-9-13-3-5-15(20)6-4-13/h3-6,11-12,16,18H,7-10,20H2,1-2H3,(H,21,26). The topological polar surface area (TPSA) is 93.2 Å². The first-order valence-corrected chi connectivity index (χ1v) is 8.82. The summed E-state index contributed by atoms with van der Waals surface area (Å²) in [7, 11) is 3.59. The number of nitrogens with two attached hydrogens (primary N) is 1. The van der Waals surface area contributed by atoms with Crippen LogP contribution >= 0.6 is 0 Å². The molecule has 2 amide bonds. The fourth-order valence-electron chi connectivity index (χ4n) is 3.51. The van der Waals surface area contributed by atoms with E-state index in [1.807, 2.05) is 37.5 Å². The monoisotopic (exact) mass is 355 g/mol. The van der Waals surface area contributed by atoms with E-state index in [1.165, 1.54) is 0 Å². The smallest absolute Gasteiger partial charge is 0.225 e. The molecule has 0 radical (unpaired) electrons. The number of nitrogen functional groups attached to an aromatic ring is 1. The SMILES string of the molecule is CN1C(=O)CCC(C(=O)NCCc2ccc(N)cc2)C1c1cnn(C)c1. The van der Waals surface area contributed by atoms with Gasteiger partial charge in [0.05, 0.1) is 18.2 Å². The normalized spacial score (nSPS) is 20.2. The number of likely N-dealkylation sites (tertiary alicyclic amines) is 1. The third kappa shape index (κ3) is 3.87. The summed E-state index contributed by atoms with van der Waals surface area (Å²) in [5, 5.41) is 7.21. The summed E-state index contributed by atoms with van der Waals surface area (Å²) in [6.07, 6.45) is 5.29. The molecule has 138 valence electrons. The molecule has 0 saturated carbocycles. The minimum atomic E-state index is -0.276. The number of hydrogen-bond acceptors (Lipinski definition) is 4. The van der Waals surface area contributed by atoms with E-state index < -0.39 is 0 Å². The number of hydrogen-bond donors (Lipinski definition) is 2. The lowest BCUT2D eigenvalue weighted by Gasteiger charge is -2.37. The molecular formula is C19H25N5O2. The molecule has 2 atom stereocenters. The first kappa shape index (κ1) is 18.0. The molecule has 0 bridgehead atoms. The maximum absolute atomic E-state index is 12.8. The van der Waals surface area contributed by atoms with Crippen molar-refractivity contribution in [1.82, 2.24) is 20.0 Å². The van der Waals surface area contributed by atoms with Crippen LogP contribution in [0.15, 0.2) is 36.7 Å². The molecule has 1 aromatic heterocycles. The van der Waals surface area contributed by atoms with Crippen molar-refractivity contribution in [2.24, 2.45) is 13.0 Å². The van der Waals surface area contributed by atoms with Gasteiger partial charge in [-0.3, -0.25) is 14.3 Å². The molecule has 3 N–H and O–H groups in total. The fourth-order valence-corrected chi connectivity index (χ4v) is 3.51. The van der Waals surface area contributed by atoms with Crippen molar-refractivity contribution in [2.75, 3.05) is 19.3 Å². The van der Waals surface area contributed by atoms with Crippen LogP contribution in [-0.4, -0.2) is 40.1 Å². The summed E-state index contributed by atoms with van der Waals surface area (Å²) in [6.45, 7) is 0.552. The van der Waals surface area contributed by atoms with E-state index in [1.54, 1.807) is 22.8 Å². The summed E-state index contributed by atoms with van der Waals surface area (Å²) >= 11 is 0. The number of piperidine rings is 1. The van der Waals surface area contributed by atoms with Crippen molar-refractivity contribution in [1.29, 1.82) is 0 Å². The highest BCUT2D eigenvalue weighted by molar-refractivity contribution is 5.84. The van der Waals surface area contributed by atoms with Crippen LogP contribution < -0.4 is 11.1 Å². The van der Waals surface area contributed by atoms with Gasteiger partial charge in [0, 0.05) is 44.5 Å². The zero-order valence-corrected chi connectivity index (χ0v) is 15.2. The third-order valence-electron chi connectivity index (χ3n) is 4.96. The van der Waals surface area contributed by atoms with Gasteiger partial charge >= 0.3 is 0 Å². The van der Waals surface area contributed by atoms with E-state index >= 15 is 0 Å². The molecule has 0 spiro atoms. The number of aromatic nitrogens is 2. The highest BCUT2D eigenvalue weighted by atomic mass is 16.2. The quantitative estimate of drug-likeness (QED) is 0.790. The van der Waals surface area contributed by atoms with Crippen molar-refractivity contribution in [3.8, 4) is 0 Å². The number of carbonyl (C=O) groups excluding carboxylic acids is 2. The highest BCUT2D eigenvalue weighted by Gasteiger charge is 2.39. The lowest BCUT2D eigenvalue weighted by molar-refractivity contribution is -0.141. The van der Waals surface area contributed by atoms with Gasteiger partial charge in [-0.25, -0.2) is 0 Å². The first-order valence-electron chi connectivity index (χ1n) is 8.82. The summed E-state index contributed by atoms with van der Waals surface area (Å²) < 4.78 is 1.69. The number of nitrogens with zero attached hydrogens (tertiary/aromatic N) is 3.